The molecule has 1 saturated heterocycles. The molecule has 0 aliphatic carbocycles. The van der Waals surface area contributed by atoms with Crippen LogP contribution in [0.15, 0.2) is 69.5 Å². The first-order valence-electron chi connectivity index (χ1n) is 15.9. The Kier molecular flexibility index (Phi) is 13.1. The molecular formula is C34H52N12. The molecule has 0 bridgehead atoms. The molecule has 0 amide bonds. The van der Waals surface area contributed by atoms with Crippen LogP contribution in [-0.2, 0) is 26.2 Å². The van der Waals surface area contributed by atoms with Crippen molar-refractivity contribution in [3.8, 4) is 0 Å². The monoisotopic (exact) mass is 628 g/mol. The predicted octanol–water partition coefficient (Wildman–Crippen LogP) is 7.19. The lowest BCUT2D eigenvalue weighted by molar-refractivity contribution is -0.681. The van der Waals surface area contributed by atoms with E-state index in [2.05, 4.69) is 118 Å². The molecule has 46 heavy (non-hydrogen) atoms. The Bertz CT molecular complexity index is 1450. The summed E-state index contributed by atoms with van der Waals surface area (Å²) in [5.74, 6) is 1.54. The number of hydrogen-bond donors (Lipinski definition) is 0. The highest BCUT2D eigenvalue weighted by molar-refractivity contribution is 5.60. The lowest BCUT2D eigenvalue weighted by Gasteiger charge is -2.34. The molecule has 0 saturated carbocycles. The van der Waals surface area contributed by atoms with Gasteiger partial charge in [-0.1, -0.05) is 10.2 Å². The van der Waals surface area contributed by atoms with Crippen molar-refractivity contribution in [1.29, 1.82) is 0 Å². The molecule has 2 aromatic carbocycles. The van der Waals surface area contributed by atoms with Gasteiger partial charge in [0.15, 0.2) is 0 Å². The summed E-state index contributed by atoms with van der Waals surface area (Å²) in [6, 6.07) is 12.8. The summed E-state index contributed by atoms with van der Waals surface area (Å²) >= 11 is 0. The molecule has 12 nitrogen and oxygen atoms in total. The average Bonchev–Trinajstić information content (AvgIpc) is 3.62. The molecule has 0 unspecified atom stereocenters. The largest absolute Gasteiger partial charge is 0.403 e. The van der Waals surface area contributed by atoms with Gasteiger partial charge in [0, 0.05) is 47.8 Å². The van der Waals surface area contributed by atoms with Crippen LogP contribution in [0.3, 0.4) is 0 Å². The molecule has 2 aromatic heterocycles. The van der Waals surface area contributed by atoms with Gasteiger partial charge < -0.3 is 24.7 Å². The minimum atomic E-state index is 0. The fourth-order valence-corrected chi connectivity index (χ4v) is 5.79. The quantitative estimate of drug-likeness (QED) is 0.105. The van der Waals surface area contributed by atoms with Crippen LogP contribution in [0.5, 0.6) is 0 Å². The Morgan fingerprint density at radius 3 is 1.33 bits per heavy atom. The number of azo groups is 2. The maximum absolute atomic E-state index is 4.54. The van der Waals surface area contributed by atoms with E-state index < -0.39 is 0 Å². The van der Waals surface area contributed by atoms with Crippen molar-refractivity contribution in [2.24, 2.45) is 20.5 Å². The zero-order valence-electron chi connectivity index (χ0n) is 29.1. The maximum atomic E-state index is 4.54. The number of rotatable bonds is 10. The zero-order chi connectivity index (χ0) is 31.1. The third-order valence-electron chi connectivity index (χ3n) is 8.18. The van der Waals surface area contributed by atoms with Crippen LogP contribution in [0, 0.1) is 28.7 Å². The van der Waals surface area contributed by atoms with Crippen molar-refractivity contribution < 1.29 is 9.13 Å². The van der Waals surface area contributed by atoms with Crippen molar-refractivity contribution in [2.75, 3.05) is 36.0 Å². The van der Waals surface area contributed by atoms with Gasteiger partial charge in [0.25, 0.3) is 0 Å². The SMILES string of the molecule is CCn1nc[n+](CC)c1N=Nc1ccc(N2CCCN(c3ccc(N=Nc4n(CC)nc[n+]4CC)cc3C)CCC2)c(C)c1.[CH3-].[CH3-]. The second-order valence-electron chi connectivity index (χ2n) is 11.1. The lowest BCUT2D eigenvalue weighted by atomic mass is 10.1. The van der Waals surface area contributed by atoms with E-state index in [0.29, 0.717) is 0 Å². The highest BCUT2D eigenvalue weighted by Gasteiger charge is 2.19. The normalized spacial score (nSPS) is 14.0. The first-order valence-corrected chi connectivity index (χ1v) is 15.9. The molecule has 1 aliphatic rings. The van der Waals surface area contributed by atoms with Gasteiger partial charge in [-0.15, -0.1) is 9.36 Å². The van der Waals surface area contributed by atoms with Crippen molar-refractivity contribution in [3.63, 3.8) is 0 Å². The summed E-state index contributed by atoms with van der Waals surface area (Å²) in [4.78, 5) is 5.04. The van der Waals surface area contributed by atoms with E-state index in [1.807, 2.05) is 31.2 Å². The summed E-state index contributed by atoms with van der Waals surface area (Å²) in [6.07, 6.45) is 5.78. The fraction of sp³-hybridized carbons (Fsp3) is 0.471. The first kappa shape index (κ1) is 36.0. The van der Waals surface area contributed by atoms with E-state index in [-0.39, 0.29) is 14.9 Å². The number of hydrogen-bond acceptors (Lipinski definition) is 8. The zero-order valence-corrected chi connectivity index (χ0v) is 29.1. The molecule has 1 fully saturated rings. The standard InChI is InChI=1S/C32H46N12.2CH3/c1-7-39-23-33-43(9-3)31(39)37-35-27-13-15-29(25(5)21-27)41-17-11-19-42(20-12-18-41)30-16-14-28(22-26(30)6)36-38-32-40(8-2)24-34-44(32)10-4;;/h13-16,21-24H,7-12,17-20H2,1-6H3;2*1H3/q+2;2*-1. The Morgan fingerprint density at radius 2 is 1.00 bits per heavy atom. The molecule has 4 aromatic rings. The molecule has 1 aliphatic heterocycles. The second-order valence-corrected chi connectivity index (χ2v) is 11.1. The summed E-state index contributed by atoms with van der Waals surface area (Å²) in [6.45, 7) is 19.8. The third kappa shape index (κ3) is 8.02. The molecule has 0 spiro atoms. The van der Waals surface area contributed by atoms with Crippen LogP contribution in [0.25, 0.3) is 0 Å². The number of aromatic nitrogens is 6. The van der Waals surface area contributed by atoms with Crippen molar-refractivity contribution >= 4 is 34.6 Å². The van der Waals surface area contributed by atoms with E-state index in [1.54, 1.807) is 0 Å². The van der Waals surface area contributed by atoms with E-state index >= 15 is 0 Å². The van der Waals surface area contributed by atoms with E-state index in [9.17, 15) is 0 Å². The van der Waals surface area contributed by atoms with Gasteiger partial charge in [-0.3, -0.25) is 0 Å². The molecule has 0 N–H and O–H groups in total. The van der Waals surface area contributed by atoms with Crippen molar-refractivity contribution in [3.05, 3.63) is 75.0 Å². The van der Waals surface area contributed by atoms with E-state index in [4.69, 9.17) is 0 Å². The van der Waals surface area contributed by atoms with E-state index in [0.717, 1.165) is 88.5 Å². The average molecular weight is 629 g/mol. The smallest absolute Gasteiger partial charge is 0.371 e. The summed E-state index contributed by atoms with van der Waals surface area (Å²) in [5.41, 5.74) is 6.71. The highest BCUT2D eigenvalue weighted by atomic mass is 15.4. The highest BCUT2D eigenvalue weighted by Crippen LogP contribution is 2.30. The Morgan fingerprint density at radius 1 is 0.609 bits per heavy atom. The van der Waals surface area contributed by atoms with E-state index in [1.165, 1.54) is 22.5 Å². The number of aryl methyl sites for hydroxylation is 6. The molecule has 12 heteroatoms. The molecular weight excluding hydrogens is 576 g/mol. The number of benzene rings is 2. The third-order valence-corrected chi connectivity index (χ3v) is 8.18. The number of anilines is 2. The van der Waals surface area contributed by atoms with Gasteiger partial charge in [-0.2, -0.15) is 0 Å². The number of nitrogens with zero attached hydrogens (tertiary/aromatic N) is 12. The molecule has 248 valence electrons. The molecule has 0 radical (unpaired) electrons. The summed E-state index contributed by atoms with van der Waals surface area (Å²) in [7, 11) is 0. The van der Waals surface area contributed by atoms with Gasteiger partial charge in [0.1, 0.15) is 0 Å². The Balaban J connectivity index is 0.00000288. The lowest BCUT2D eigenvalue weighted by Crippen LogP contribution is -2.37. The molecule has 3 heterocycles. The molecule has 5 rings (SSSR count). The van der Waals surface area contributed by atoms with Crippen LogP contribution < -0.4 is 18.9 Å². The summed E-state index contributed by atoms with van der Waals surface area (Å²) in [5, 5.41) is 26.9. The van der Waals surface area contributed by atoms with Crippen molar-refractivity contribution in [1.82, 2.24) is 19.6 Å². The van der Waals surface area contributed by atoms with Gasteiger partial charge in [0.2, 0.25) is 12.7 Å². The van der Waals surface area contributed by atoms with Crippen LogP contribution in [0.1, 0.15) is 51.7 Å². The van der Waals surface area contributed by atoms with Gasteiger partial charge >= 0.3 is 11.9 Å². The maximum Gasteiger partial charge on any atom is 0.403 e. The predicted molar refractivity (Wildman–Crippen MR) is 185 cm³/mol. The fourth-order valence-electron chi connectivity index (χ4n) is 5.79. The van der Waals surface area contributed by atoms with Crippen LogP contribution in [-0.4, -0.2) is 45.7 Å². The topological polar surface area (TPSA) is 99.3 Å². The van der Waals surface area contributed by atoms with Gasteiger partial charge in [-0.25, -0.2) is 9.13 Å². The van der Waals surface area contributed by atoms with Crippen LogP contribution >= 0.6 is 0 Å². The second kappa shape index (κ2) is 16.7. The van der Waals surface area contributed by atoms with Crippen LogP contribution in [0.4, 0.5) is 34.6 Å². The Hall–Kier alpha value is -4.48. The minimum absolute atomic E-state index is 0. The minimum Gasteiger partial charge on any atom is -0.371 e. The first-order chi connectivity index (χ1) is 21.4. The molecule has 0 atom stereocenters. The summed E-state index contributed by atoms with van der Waals surface area (Å²) < 4.78 is 7.74. The van der Waals surface area contributed by atoms with Gasteiger partial charge in [-0.05, 0) is 112 Å². The van der Waals surface area contributed by atoms with Crippen LogP contribution in [0.2, 0.25) is 0 Å². The van der Waals surface area contributed by atoms with Crippen molar-refractivity contribution in [2.45, 2.75) is 80.6 Å². The van der Waals surface area contributed by atoms with Gasteiger partial charge in [0.05, 0.1) is 37.6 Å². The Labute approximate surface area is 275 Å².